The number of Topliss-reactive ketones (excluding diaryl/α,β-unsaturated/α-hetero) is 1. The van der Waals surface area contributed by atoms with E-state index in [1.165, 1.54) is 6.07 Å². The van der Waals surface area contributed by atoms with Crippen molar-refractivity contribution in [2.45, 2.75) is 37.8 Å². The third-order valence-corrected chi connectivity index (χ3v) is 3.51. The number of alkyl halides is 3. The molecule has 0 aliphatic heterocycles. The van der Waals surface area contributed by atoms with Gasteiger partial charge in [0.15, 0.2) is 0 Å². The summed E-state index contributed by atoms with van der Waals surface area (Å²) < 4.78 is 51.0. The van der Waals surface area contributed by atoms with Gasteiger partial charge in [0.1, 0.15) is 11.6 Å². The number of hydrogen-bond donors (Lipinski definition) is 0. The van der Waals surface area contributed by atoms with Gasteiger partial charge in [0.25, 0.3) is 0 Å². The van der Waals surface area contributed by atoms with Crippen LogP contribution in [0.2, 0.25) is 0 Å². The molecule has 0 bridgehead atoms. The molecule has 1 unspecified atom stereocenters. The van der Waals surface area contributed by atoms with E-state index < -0.39 is 23.0 Å². The third-order valence-electron chi connectivity index (χ3n) is 3.51. The zero-order valence-corrected chi connectivity index (χ0v) is 9.77. The fourth-order valence-corrected chi connectivity index (χ4v) is 2.39. The number of carbonyl (C=O) groups is 1. The first-order valence-corrected chi connectivity index (χ1v) is 5.61. The highest BCUT2D eigenvalue weighted by molar-refractivity contribution is 5.82. The summed E-state index contributed by atoms with van der Waals surface area (Å²) in [6.45, 7) is 1.74. The molecular weight excluding hydrogens is 248 g/mol. The molecule has 0 spiro atoms. The van der Waals surface area contributed by atoms with Crippen LogP contribution in [-0.2, 0) is 16.4 Å². The first kappa shape index (κ1) is 13.1. The second-order valence-electron chi connectivity index (χ2n) is 4.97. The van der Waals surface area contributed by atoms with Gasteiger partial charge in [-0.3, -0.25) is 4.79 Å². The topological polar surface area (TPSA) is 17.1 Å². The van der Waals surface area contributed by atoms with E-state index in [1.54, 1.807) is 6.92 Å². The Morgan fingerprint density at radius 3 is 2.44 bits per heavy atom. The quantitative estimate of drug-likeness (QED) is 0.701. The summed E-state index contributed by atoms with van der Waals surface area (Å²) in [5, 5.41) is 0. The lowest BCUT2D eigenvalue weighted by Gasteiger charge is -2.24. The minimum Gasteiger partial charge on any atom is -0.300 e. The molecule has 98 valence electrons. The predicted molar refractivity (Wildman–Crippen MR) is 57.6 cm³/mol. The third kappa shape index (κ3) is 2.26. The molecular formula is C13H12F4O. The zero-order valence-electron chi connectivity index (χ0n) is 9.77. The molecule has 18 heavy (non-hydrogen) atoms. The van der Waals surface area contributed by atoms with E-state index in [1.807, 2.05) is 0 Å². The van der Waals surface area contributed by atoms with Crippen molar-refractivity contribution in [3.63, 3.8) is 0 Å². The van der Waals surface area contributed by atoms with E-state index in [9.17, 15) is 22.4 Å². The van der Waals surface area contributed by atoms with Crippen LogP contribution in [0.25, 0.3) is 0 Å². The lowest BCUT2D eigenvalue weighted by molar-refractivity contribution is -0.140. The molecule has 0 radical (unpaired) electrons. The maximum Gasteiger partial charge on any atom is 0.419 e. The Morgan fingerprint density at radius 2 is 1.94 bits per heavy atom. The van der Waals surface area contributed by atoms with Crippen LogP contribution in [0.1, 0.15) is 37.3 Å². The summed E-state index contributed by atoms with van der Waals surface area (Å²) in [7, 11) is 0. The Bertz CT molecular complexity index is 492. The van der Waals surface area contributed by atoms with Crippen molar-refractivity contribution in [1.82, 2.24) is 0 Å². The maximum atomic E-state index is 13.2. The number of ketones is 1. The molecule has 1 aromatic carbocycles. The largest absolute Gasteiger partial charge is 0.419 e. The highest BCUT2D eigenvalue weighted by Gasteiger charge is 2.39. The predicted octanol–water partition coefficient (Wildman–Crippen LogP) is 3.86. The van der Waals surface area contributed by atoms with Crippen LogP contribution < -0.4 is 0 Å². The van der Waals surface area contributed by atoms with Crippen molar-refractivity contribution in [1.29, 1.82) is 0 Å². The summed E-state index contributed by atoms with van der Waals surface area (Å²) in [5.74, 6) is -1.24. The van der Waals surface area contributed by atoms with Crippen LogP contribution in [0.15, 0.2) is 18.2 Å². The van der Waals surface area contributed by atoms with Gasteiger partial charge >= 0.3 is 6.18 Å². The number of hydrogen-bond acceptors (Lipinski definition) is 1. The van der Waals surface area contributed by atoms with Crippen LogP contribution >= 0.6 is 0 Å². The summed E-state index contributed by atoms with van der Waals surface area (Å²) in [5.41, 5.74) is -1.49. The van der Waals surface area contributed by atoms with E-state index >= 15 is 0 Å². The van der Waals surface area contributed by atoms with Crippen LogP contribution in [0.4, 0.5) is 17.6 Å². The Balaban J connectivity index is 2.45. The Hall–Kier alpha value is -1.39. The molecule has 0 aromatic heterocycles. The van der Waals surface area contributed by atoms with Gasteiger partial charge in [0.05, 0.1) is 5.56 Å². The zero-order chi connectivity index (χ0) is 13.6. The van der Waals surface area contributed by atoms with E-state index in [2.05, 4.69) is 0 Å². The highest BCUT2D eigenvalue weighted by atomic mass is 19.4. The van der Waals surface area contributed by atoms with E-state index in [0.29, 0.717) is 18.4 Å². The lowest BCUT2D eigenvalue weighted by Crippen LogP contribution is -2.19. The van der Waals surface area contributed by atoms with Crippen LogP contribution in [0, 0.1) is 5.82 Å². The molecule has 0 N–H and O–H groups in total. The van der Waals surface area contributed by atoms with E-state index in [0.717, 1.165) is 12.1 Å². The fraction of sp³-hybridized carbons (Fsp3) is 0.462. The molecule has 1 saturated carbocycles. The van der Waals surface area contributed by atoms with Crippen LogP contribution in [0.3, 0.4) is 0 Å². The summed E-state index contributed by atoms with van der Waals surface area (Å²) >= 11 is 0. The molecule has 1 nitrogen and oxygen atoms in total. The van der Waals surface area contributed by atoms with Gasteiger partial charge in [-0.15, -0.1) is 0 Å². The molecule has 0 saturated heterocycles. The second-order valence-corrected chi connectivity index (χ2v) is 4.97. The van der Waals surface area contributed by atoms with Gasteiger partial charge in [0, 0.05) is 12.8 Å². The monoisotopic (exact) mass is 260 g/mol. The van der Waals surface area contributed by atoms with Crippen molar-refractivity contribution in [3.8, 4) is 0 Å². The van der Waals surface area contributed by atoms with Crippen molar-refractivity contribution >= 4 is 5.78 Å². The van der Waals surface area contributed by atoms with Crippen molar-refractivity contribution < 1.29 is 22.4 Å². The van der Waals surface area contributed by atoms with Crippen molar-refractivity contribution in [3.05, 3.63) is 35.1 Å². The minimum absolute atomic E-state index is 0.0374. The SMILES string of the molecule is CC1(c2ccc(F)c(C(F)(F)F)c2)CCC(=O)C1. The van der Waals surface area contributed by atoms with Gasteiger partial charge in [0.2, 0.25) is 0 Å². The van der Waals surface area contributed by atoms with Gasteiger partial charge in [-0.1, -0.05) is 13.0 Å². The van der Waals surface area contributed by atoms with Crippen molar-refractivity contribution in [2.75, 3.05) is 0 Å². The summed E-state index contributed by atoms with van der Waals surface area (Å²) in [6.07, 6.45) is -3.61. The number of halogens is 4. The Kier molecular flexibility index (Phi) is 2.95. The standard InChI is InChI=1S/C13H12F4O/c1-12(5-4-9(18)7-12)8-2-3-11(14)10(6-8)13(15,16)17/h2-3,6H,4-5,7H2,1H3. The molecule has 5 heteroatoms. The van der Waals surface area contributed by atoms with Crippen molar-refractivity contribution in [2.24, 2.45) is 0 Å². The molecule has 1 aliphatic carbocycles. The normalized spacial score (nSPS) is 24.6. The second kappa shape index (κ2) is 4.07. The lowest BCUT2D eigenvalue weighted by atomic mass is 9.80. The van der Waals surface area contributed by atoms with Crippen LogP contribution in [0.5, 0.6) is 0 Å². The van der Waals surface area contributed by atoms with Gasteiger partial charge in [-0.05, 0) is 29.5 Å². The number of rotatable bonds is 1. The van der Waals surface area contributed by atoms with Crippen LogP contribution in [-0.4, -0.2) is 5.78 Å². The first-order chi connectivity index (χ1) is 8.22. The molecule has 2 rings (SSSR count). The summed E-state index contributed by atoms with van der Waals surface area (Å²) in [6, 6.07) is 2.99. The van der Waals surface area contributed by atoms with E-state index in [4.69, 9.17) is 0 Å². The Morgan fingerprint density at radius 1 is 1.28 bits per heavy atom. The molecule has 0 heterocycles. The molecule has 1 aromatic rings. The molecule has 0 amide bonds. The smallest absolute Gasteiger partial charge is 0.300 e. The average molecular weight is 260 g/mol. The van der Waals surface area contributed by atoms with E-state index in [-0.39, 0.29) is 12.2 Å². The van der Waals surface area contributed by atoms with Gasteiger partial charge in [-0.2, -0.15) is 13.2 Å². The van der Waals surface area contributed by atoms with Gasteiger partial charge < -0.3 is 0 Å². The molecule has 1 aliphatic rings. The maximum absolute atomic E-state index is 13.2. The fourth-order valence-electron chi connectivity index (χ4n) is 2.39. The van der Waals surface area contributed by atoms with Gasteiger partial charge in [-0.25, -0.2) is 4.39 Å². The number of benzene rings is 1. The highest BCUT2D eigenvalue weighted by Crippen LogP contribution is 2.41. The summed E-state index contributed by atoms with van der Waals surface area (Å²) in [4.78, 5) is 11.3. The number of carbonyl (C=O) groups excluding carboxylic acids is 1. The molecule has 1 fully saturated rings. The first-order valence-electron chi connectivity index (χ1n) is 5.61. The molecule has 1 atom stereocenters. The average Bonchev–Trinajstić information content (AvgIpc) is 2.58. The Labute approximate surface area is 102 Å². The minimum atomic E-state index is -4.71.